The highest BCUT2D eigenvalue weighted by atomic mass is 32.2. The molecule has 1 heterocycles. The van der Waals surface area contributed by atoms with Crippen molar-refractivity contribution >= 4 is 27.8 Å². The van der Waals surface area contributed by atoms with E-state index in [2.05, 4.69) is 4.98 Å². The number of aryl methyl sites for hydroxylation is 2. The molecule has 1 aromatic carbocycles. The van der Waals surface area contributed by atoms with Gasteiger partial charge in [0, 0.05) is 35.8 Å². The average molecular weight is 294 g/mol. The number of benzene rings is 1. The van der Waals surface area contributed by atoms with E-state index < -0.39 is 16.8 Å². The molecule has 1 atom stereocenters. The van der Waals surface area contributed by atoms with Crippen LogP contribution in [-0.2, 0) is 23.8 Å². The summed E-state index contributed by atoms with van der Waals surface area (Å²) in [6.45, 7) is 2.71. The molecule has 0 spiro atoms. The standard InChI is InChI=1S/C14H18N2O3S/c1-3-12-15-13-10(14(17)18)6-4-7-11(13)16(12)8-5-9-20(2)19/h4,6-7H,3,5,8-9H2,1-2H3,(H,17,18). The van der Waals surface area contributed by atoms with Crippen LogP contribution in [0.15, 0.2) is 18.2 Å². The first kappa shape index (κ1) is 14.7. The smallest absolute Gasteiger partial charge is 0.337 e. The number of hydrogen-bond donors (Lipinski definition) is 1. The Labute approximate surface area is 120 Å². The maximum Gasteiger partial charge on any atom is 0.337 e. The van der Waals surface area contributed by atoms with Gasteiger partial charge in [-0.3, -0.25) is 4.21 Å². The monoisotopic (exact) mass is 294 g/mol. The summed E-state index contributed by atoms with van der Waals surface area (Å²) in [4.78, 5) is 15.7. The highest BCUT2D eigenvalue weighted by Crippen LogP contribution is 2.21. The number of carbonyl (C=O) groups is 1. The number of carboxylic acids is 1. The molecule has 0 saturated heterocycles. The fraction of sp³-hybridized carbons (Fsp3) is 0.429. The third-order valence-corrected chi connectivity index (χ3v) is 4.08. The van der Waals surface area contributed by atoms with Gasteiger partial charge in [0.05, 0.1) is 11.1 Å². The fourth-order valence-corrected chi connectivity index (χ4v) is 2.85. The largest absolute Gasteiger partial charge is 0.478 e. The van der Waals surface area contributed by atoms with E-state index in [9.17, 15) is 14.1 Å². The molecule has 5 nitrogen and oxygen atoms in total. The van der Waals surface area contributed by atoms with Crippen LogP contribution in [0.25, 0.3) is 11.0 Å². The summed E-state index contributed by atoms with van der Waals surface area (Å²) in [6.07, 6.45) is 3.22. The fourth-order valence-electron chi connectivity index (χ4n) is 2.31. The van der Waals surface area contributed by atoms with Crippen molar-refractivity contribution in [2.24, 2.45) is 0 Å². The van der Waals surface area contributed by atoms with E-state index in [1.54, 1.807) is 18.4 Å². The van der Waals surface area contributed by atoms with Crippen LogP contribution in [0.4, 0.5) is 0 Å². The third-order valence-electron chi connectivity index (χ3n) is 3.22. The molecule has 0 bridgehead atoms. The summed E-state index contributed by atoms with van der Waals surface area (Å²) in [5.74, 6) is 0.551. The first-order valence-electron chi connectivity index (χ1n) is 6.56. The summed E-state index contributed by atoms with van der Waals surface area (Å²) in [5, 5.41) is 9.22. The van der Waals surface area contributed by atoms with Crippen LogP contribution in [0.3, 0.4) is 0 Å². The van der Waals surface area contributed by atoms with Gasteiger partial charge in [-0.25, -0.2) is 9.78 Å². The molecule has 0 aliphatic heterocycles. The Hall–Kier alpha value is -1.69. The zero-order valence-corrected chi connectivity index (χ0v) is 12.4. The summed E-state index contributed by atoms with van der Waals surface area (Å²) < 4.78 is 13.2. The molecule has 6 heteroatoms. The van der Waals surface area contributed by atoms with Crippen LogP contribution in [0, 0.1) is 0 Å². The van der Waals surface area contributed by atoms with Crippen LogP contribution in [0.1, 0.15) is 29.5 Å². The number of hydrogen-bond acceptors (Lipinski definition) is 3. The van der Waals surface area contributed by atoms with E-state index in [-0.39, 0.29) is 5.56 Å². The first-order chi connectivity index (χ1) is 9.54. The summed E-state index contributed by atoms with van der Waals surface area (Å²) in [5.41, 5.74) is 1.60. The predicted molar refractivity (Wildman–Crippen MR) is 79.6 cm³/mol. The van der Waals surface area contributed by atoms with E-state index in [0.29, 0.717) is 17.8 Å². The van der Waals surface area contributed by atoms with Crippen LogP contribution < -0.4 is 0 Å². The van der Waals surface area contributed by atoms with E-state index in [1.165, 1.54) is 0 Å². The number of fused-ring (bicyclic) bond motifs is 1. The normalized spacial score (nSPS) is 12.7. The van der Waals surface area contributed by atoms with Gasteiger partial charge < -0.3 is 9.67 Å². The lowest BCUT2D eigenvalue weighted by atomic mass is 10.2. The Balaban J connectivity index is 2.44. The Morgan fingerprint density at radius 2 is 2.20 bits per heavy atom. The van der Waals surface area contributed by atoms with Crippen molar-refractivity contribution in [3.05, 3.63) is 29.6 Å². The molecule has 2 aromatic rings. The lowest BCUT2D eigenvalue weighted by molar-refractivity contribution is 0.0699. The molecule has 0 saturated carbocycles. The number of nitrogens with zero attached hydrogens (tertiary/aromatic N) is 2. The van der Waals surface area contributed by atoms with E-state index in [4.69, 9.17) is 0 Å². The lowest BCUT2D eigenvalue weighted by Gasteiger charge is -2.07. The van der Waals surface area contributed by atoms with Crippen LogP contribution in [-0.4, -0.2) is 36.8 Å². The van der Waals surface area contributed by atoms with Crippen LogP contribution in [0.2, 0.25) is 0 Å². The van der Waals surface area contributed by atoms with Gasteiger partial charge in [0.15, 0.2) is 0 Å². The lowest BCUT2D eigenvalue weighted by Crippen LogP contribution is -2.06. The average Bonchev–Trinajstić information content (AvgIpc) is 2.76. The number of aromatic nitrogens is 2. The van der Waals surface area contributed by atoms with E-state index in [0.717, 1.165) is 24.2 Å². The van der Waals surface area contributed by atoms with Gasteiger partial charge in [-0.2, -0.15) is 0 Å². The second-order valence-corrected chi connectivity index (χ2v) is 6.20. The molecule has 20 heavy (non-hydrogen) atoms. The topological polar surface area (TPSA) is 72.2 Å². The van der Waals surface area contributed by atoms with E-state index >= 15 is 0 Å². The maximum absolute atomic E-state index is 11.2. The Morgan fingerprint density at radius 1 is 1.45 bits per heavy atom. The van der Waals surface area contributed by atoms with Crippen molar-refractivity contribution < 1.29 is 14.1 Å². The van der Waals surface area contributed by atoms with Crippen molar-refractivity contribution in [1.82, 2.24) is 9.55 Å². The molecular formula is C14H18N2O3S. The van der Waals surface area contributed by atoms with Crippen molar-refractivity contribution in [2.45, 2.75) is 26.3 Å². The molecule has 1 N–H and O–H groups in total. The summed E-state index contributed by atoms with van der Waals surface area (Å²) in [7, 11) is -0.809. The Bertz CT molecular complexity index is 664. The maximum atomic E-state index is 11.2. The van der Waals surface area contributed by atoms with Gasteiger partial charge in [-0.15, -0.1) is 0 Å². The zero-order valence-electron chi connectivity index (χ0n) is 11.6. The highest BCUT2D eigenvalue weighted by Gasteiger charge is 2.15. The highest BCUT2D eigenvalue weighted by molar-refractivity contribution is 7.84. The molecule has 1 unspecified atom stereocenters. The Kier molecular flexibility index (Phi) is 4.54. The quantitative estimate of drug-likeness (QED) is 0.885. The van der Waals surface area contributed by atoms with Gasteiger partial charge >= 0.3 is 5.97 Å². The minimum Gasteiger partial charge on any atom is -0.478 e. The Morgan fingerprint density at radius 3 is 2.80 bits per heavy atom. The van der Waals surface area contributed by atoms with Crippen molar-refractivity contribution in [3.63, 3.8) is 0 Å². The zero-order chi connectivity index (χ0) is 14.7. The molecule has 0 radical (unpaired) electrons. The molecule has 0 aliphatic carbocycles. The number of aromatic carboxylic acids is 1. The molecule has 2 rings (SSSR count). The van der Waals surface area contributed by atoms with Gasteiger partial charge in [0.1, 0.15) is 11.3 Å². The minimum absolute atomic E-state index is 0.231. The molecule has 1 aromatic heterocycles. The van der Waals surface area contributed by atoms with Crippen molar-refractivity contribution in [3.8, 4) is 0 Å². The number of imidazole rings is 1. The van der Waals surface area contributed by atoms with Crippen LogP contribution >= 0.6 is 0 Å². The number of carboxylic acid groups (broad SMARTS) is 1. The number of para-hydroxylation sites is 1. The summed E-state index contributed by atoms with van der Waals surface area (Å²) in [6, 6.07) is 5.20. The second kappa shape index (κ2) is 6.17. The van der Waals surface area contributed by atoms with Crippen molar-refractivity contribution in [2.75, 3.05) is 12.0 Å². The summed E-state index contributed by atoms with van der Waals surface area (Å²) >= 11 is 0. The first-order valence-corrected chi connectivity index (χ1v) is 8.28. The third kappa shape index (κ3) is 2.90. The molecule has 0 aliphatic rings. The molecule has 108 valence electrons. The van der Waals surface area contributed by atoms with Gasteiger partial charge in [-0.1, -0.05) is 13.0 Å². The number of rotatable bonds is 6. The minimum atomic E-state index is -0.961. The second-order valence-electron chi connectivity index (χ2n) is 4.64. The van der Waals surface area contributed by atoms with Gasteiger partial charge in [0.2, 0.25) is 0 Å². The van der Waals surface area contributed by atoms with E-state index in [1.807, 2.05) is 17.6 Å². The van der Waals surface area contributed by atoms with Crippen LogP contribution in [0.5, 0.6) is 0 Å². The molecule has 0 fully saturated rings. The molecular weight excluding hydrogens is 276 g/mol. The predicted octanol–water partition coefficient (Wildman–Crippen LogP) is 2.07. The SMILES string of the molecule is CCc1nc2c(C(=O)O)cccc2n1CCCS(C)=O. The molecule has 0 amide bonds. The van der Waals surface area contributed by atoms with Gasteiger partial charge in [-0.05, 0) is 18.6 Å². The van der Waals surface area contributed by atoms with Crippen molar-refractivity contribution in [1.29, 1.82) is 0 Å². The van der Waals surface area contributed by atoms with Gasteiger partial charge in [0.25, 0.3) is 0 Å².